The predicted molar refractivity (Wildman–Crippen MR) is 84.5 cm³/mol. The number of para-hydroxylation sites is 1. The average molecular weight is 273 g/mol. The van der Waals surface area contributed by atoms with Gasteiger partial charge in [-0.1, -0.05) is 18.2 Å². The van der Waals surface area contributed by atoms with Crippen molar-refractivity contribution in [1.82, 2.24) is 10.2 Å². The highest BCUT2D eigenvalue weighted by atomic mass is 15.2. The van der Waals surface area contributed by atoms with E-state index in [2.05, 4.69) is 36.2 Å². The van der Waals surface area contributed by atoms with Crippen LogP contribution in [0.15, 0.2) is 24.3 Å². The van der Waals surface area contributed by atoms with E-state index in [4.69, 9.17) is 5.73 Å². The fourth-order valence-electron chi connectivity index (χ4n) is 4.17. The average Bonchev–Trinajstić information content (AvgIpc) is 2.70. The van der Waals surface area contributed by atoms with Crippen molar-refractivity contribution in [2.75, 3.05) is 5.73 Å². The van der Waals surface area contributed by atoms with Gasteiger partial charge in [0.2, 0.25) is 0 Å². The van der Waals surface area contributed by atoms with Gasteiger partial charge in [-0.2, -0.15) is 0 Å². The Balaban J connectivity index is 1.58. The van der Waals surface area contributed by atoms with Gasteiger partial charge < -0.3 is 11.1 Å². The van der Waals surface area contributed by atoms with Crippen LogP contribution in [0, 0.1) is 0 Å². The smallest absolute Gasteiger partial charge is 0.0359 e. The number of rotatable bonds is 4. The lowest BCUT2D eigenvalue weighted by atomic mass is 9.95. The van der Waals surface area contributed by atoms with Crippen molar-refractivity contribution in [1.29, 1.82) is 0 Å². The molecule has 0 aliphatic carbocycles. The Bertz CT molecular complexity index is 443. The Labute approximate surface area is 122 Å². The van der Waals surface area contributed by atoms with Crippen LogP contribution in [0.5, 0.6) is 0 Å². The van der Waals surface area contributed by atoms with E-state index in [0.29, 0.717) is 12.1 Å². The summed E-state index contributed by atoms with van der Waals surface area (Å²) in [7, 11) is 0. The van der Waals surface area contributed by atoms with Gasteiger partial charge in [0.25, 0.3) is 0 Å². The lowest BCUT2D eigenvalue weighted by Gasteiger charge is -2.41. The first-order valence-corrected chi connectivity index (χ1v) is 7.99. The van der Waals surface area contributed by atoms with Gasteiger partial charge in [-0.3, -0.25) is 4.90 Å². The van der Waals surface area contributed by atoms with Gasteiger partial charge in [0.1, 0.15) is 0 Å². The third-order valence-electron chi connectivity index (χ3n) is 5.02. The molecule has 2 aliphatic rings. The first kappa shape index (κ1) is 13.9. The van der Waals surface area contributed by atoms with E-state index in [-0.39, 0.29) is 0 Å². The summed E-state index contributed by atoms with van der Waals surface area (Å²) in [6, 6.07) is 11.1. The van der Waals surface area contributed by atoms with Crippen LogP contribution >= 0.6 is 0 Å². The Hall–Kier alpha value is -1.06. The highest BCUT2D eigenvalue weighted by molar-refractivity contribution is 5.46. The standard InChI is InChI=1S/C17H27N3/c1-12(2)20-15-7-8-16(20)10-14(9-15)19-11-13-5-3-4-6-17(13)18/h3-6,12,14-16,19H,7-11,18H2,1-2H3. The summed E-state index contributed by atoms with van der Waals surface area (Å²) in [5.74, 6) is 0. The number of hydrogen-bond donors (Lipinski definition) is 2. The normalized spacial score (nSPS) is 30.1. The molecule has 0 aromatic heterocycles. The third-order valence-corrected chi connectivity index (χ3v) is 5.02. The Kier molecular flexibility index (Phi) is 3.99. The fourth-order valence-corrected chi connectivity index (χ4v) is 4.17. The van der Waals surface area contributed by atoms with Crippen molar-refractivity contribution in [2.45, 2.75) is 70.2 Å². The van der Waals surface area contributed by atoms with E-state index in [1.165, 1.54) is 31.2 Å². The van der Waals surface area contributed by atoms with E-state index in [1.807, 2.05) is 12.1 Å². The summed E-state index contributed by atoms with van der Waals surface area (Å²) >= 11 is 0. The maximum atomic E-state index is 6.02. The second-order valence-corrected chi connectivity index (χ2v) is 6.67. The first-order valence-electron chi connectivity index (χ1n) is 7.99. The number of benzene rings is 1. The maximum absolute atomic E-state index is 6.02. The number of fused-ring (bicyclic) bond motifs is 2. The Morgan fingerprint density at radius 2 is 1.85 bits per heavy atom. The van der Waals surface area contributed by atoms with Crippen LogP contribution in [-0.4, -0.2) is 29.1 Å². The molecule has 3 nitrogen and oxygen atoms in total. The lowest BCUT2D eigenvalue weighted by Crippen LogP contribution is -2.51. The van der Waals surface area contributed by atoms with Crippen molar-refractivity contribution < 1.29 is 0 Å². The van der Waals surface area contributed by atoms with Crippen molar-refractivity contribution in [3.05, 3.63) is 29.8 Å². The highest BCUT2D eigenvalue weighted by Crippen LogP contribution is 2.37. The van der Waals surface area contributed by atoms with E-state index < -0.39 is 0 Å². The first-order chi connectivity index (χ1) is 9.65. The number of nitrogens with zero attached hydrogens (tertiary/aromatic N) is 1. The van der Waals surface area contributed by atoms with Gasteiger partial charge in [-0.25, -0.2) is 0 Å². The van der Waals surface area contributed by atoms with Crippen LogP contribution in [0.25, 0.3) is 0 Å². The number of piperidine rings is 1. The van der Waals surface area contributed by atoms with Crippen molar-refractivity contribution in [3.8, 4) is 0 Å². The monoisotopic (exact) mass is 273 g/mol. The SMILES string of the molecule is CC(C)N1C2CCC1CC(NCc1ccccc1N)C2. The maximum Gasteiger partial charge on any atom is 0.0359 e. The number of nitrogen functional groups attached to an aromatic ring is 1. The van der Waals surface area contributed by atoms with Crippen molar-refractivity contribution >= 4 is 5.69 Å². The van der Waals surface area contributed by atoms with E-state index in [1.54, 1.807) is 0 Å². The number of anilines is 1. The molecule has 3 N–H and O–H groups in total. The van der Waals surface area contributed by atoms with Gasteiger partial charge in [0.15, 0.2) is 0 Å². The Morgan fingerprint density at radius 3 is 2.45 bits per heavy atom. The summed E-state index contributed by atoms with van der Waals surface area (Å²) in [6.07, 6.45) is 5.35. The second-order valence-electron chi connectivity index (χ2n) is 6.67. The van der Waals surface area contributed by atoms with Crippen LogP contribution in [0.4, 0.5) is 5.69 Å². The molecule has 2 atom stereocenters. The van der Waals surface area contributed by atoms with E-state index in [9.17, 15) is 0 Å². The molecule has 2 unspecified atom stereocenters. The number of nitrogens with one attached hydrogen (secondary N) is 1. The number of hydrogen-bond acceptors (Lipinski definition) is 3. The molecule has 0 radical (unpaired) electrons. The second kappa shape index (κ2) is 5.74. The minimum atomic E-state index is 0.655. The molecule has 1 aromatic rings. The quantitative estimate of drug-likeness (QED) is 0.829. The molecule has 3 heteroatoms. The molecule has 2 heterocycles. The largest absolute Gasteiger partial charge is 0.398 e. The summed E-state index contributed by atoms with van der Waals surface area (Å²) in [6.45, 7) is 5.58. The molecule has 2 fully saturated rings. The topological polar surface area (TPSA) is 41.3 Å². The van der Waals surface area contributed by atoms with Crippen LogP contribution in [0.3, 0.4) is 0 Å². The molecular weight excluding hydrogens is 246 g/mol. The Morgan fingerprint density at radius 1 is 1.20 bits per heavy atom. The molecule has 2 saturated heterocycles. The highest BCUT2D eigenvalue weighted by Gasteiger charge is 2.41. The summed E-state index contributed by atoms with van der Waals surface area (Å²) in [5, 5.41) is 3.73. The lowest BCUT2D eigenvalue weighted by molar-refractivity contribution is 0.0846. The van der Waals surface area contributed by atoms with Gasteiger partial charge in [0, 0.05) is 36.4 Å². The minimum Gasteiger partial charge on any atom is -0.398 e. The van der Waals surface area contributed by atoms with Crippen molar-refractivity contribution in [3.63, 3.8) is 0 Å². The molecule has 20 heavy (non-hydrogen) atoms. The zero-order valence-electron chi connectivity index (χ0n) is 12.7. The molecule has 2 aliphatic heterocycles. The molecule has 1 aromatic carbocycles. The van der Waals surface area contributed by atoms with Crippen LogP contribution in [0.1, 0.15) is 45.1 Å². The molecule has 0 amide bonds. The molecule has 0 saturated carbocycles. The number of nitrogens with two attached hydrogens (primary N) is 1. The summed E-state index contributed by atoms with van der Waals surface area (Å²) in [5.41, 5.74) is 8.15. The molecular formula is C17H27N3. The van der Waals surface area contributed by atoms with Gasteiger partial charge >= 0.3 is 0 Å². The van der Waals surface area contributed by atoms with Gasteiger partial charge in [-0.05, 0) is 51.2 Å². The van der Waals surface area contributed by atoms with Crippen LogP contribution < -0.4 is 11.1 Å². The zero-order chi connectivity index (χ0) is 14.1. The van der Waals surface area contributed by atoms with E-state index in [0.717, 1.165) is 24.3 Å². The fraction of sp³-hybridized carbons (Fsp3) is 0.647. The molecule has 110 valence electrons. The molecule has 0 spiro atoms. The molecule has 2 bridgehead atoms. The summed E-state index contributed by atoms with van der Waals surface area (Å²) < 4.78 is 0. The molecule has 3 rings (SSSR count). The van der Waals surface area contributed by atoms with Crippen LogP contribution in [0.2, 0.25) is 0 Å². The summed E-state index contributed by atoms with van der Waals surface area (Å²) in [4.78, 5) is 2.75. The van der Waals surface area contributed by atoms with Crippen LogP contribution in [-0.2, 0) is 6.54 Å². The van der Waals surface area contributed by atoms with Gasteiger partial charge in [0.05, 0.1) is 0 Å². The predicted octanol–water partition coefficient (Wildman–Crippen LogP) is 2.76. The van der Waals surface area contributed by atoms with Gasteiger partial charge in [-0.15, -0.1) is 0 Å². The van der Waals surface area contributed by atoms with Crippen molar-refractivity contribution in [2.24, 2.45) is 0 Å². The zero-order valence-corrected chi connectivity index (χ0v) is 12.7. The van der Waals surface area contributed by atoms with E-state index >= 15 is 0 Å². The minimum absolute atomic E-state index is 0.655. The third kappa shape index (κ3) is 2.70.